The molecule has 0 unspecified atom stereocenters. The van der Waals surface area contributed by atoms with E-state index in [1.54, 1.807) is 0 Å². The van der Waals surface area contributed by atoms with E-state index in [2.05, 4.69) is 16.1 Å². The zero-order valence-electron chi connectivity index (χ0n) is 5.00. The van der Waals surface area contributed by atoms with Gasteiger partial charge in [-0.2, -0.15) is 0 Å². The van der Waals surface area contributed by atoms with Crippen molar-refractivity contribution in [3.05, 3.63) is 12.3 Å². The number of hydrogen-bond acceptors (Lipinski definition) is 3. The molecule has 0 aromatic heterocycles. The number of hydrogen-bond donors (Lipinski definition) is 0. The molecule has 0 bridgehead atoms. The third kappa shape index (κ3) is 0.852. The van der Waals surface area contributed by atoms with Crippen LogP contribution in [0.4, 0.5) is 0 Å². The Kier molecular flexibility index (Phi) is 1.23. The molecule has 2 nitrogen and oxygen atoms in total. The van der Waals surface area contributed by atoms with Crippen molar-refractivity contribution in [1.82, 2.24) is 4.90 Å². The lowest BCUT2D eigenvalue weighted by molar-refractivity contribution is 0.506. The number of aliphatic imine (C=N–C) groups is 1. The van der Waals surface area contributed by atoms with Gasteiger partial charge in [-0.25, -0.2) is 4.99 Å². The second-order valence-corrected chi connectivity index (χ2v) is 3.08. The zero-order chi connectivity index (χ0) is 6.10. The number of fused-ring (bicyclic) bond motifs is 1. The van der Waals surface area contributed by atoms with Gasteiger partial charge in [-0.05, 0) is 6.08 Å². The smallest absolute Gasteiger partial charge is 0.164 e. The summed E-state index contributed by atoms with van der Waals surface area (Å²) in [5.41, 5.74) is 0. The molecule has 0 N–H and O–H groups in total. The lowest BCUT2D eigenvalue weighted by Crippen LogP contribution is -2.25. The first-order chi connectivity index (χ1) is 4.47. The predicted octanol–water partition coefficient (Wildman–Crippen LogP) is 0.722. The summed E-state index contributed by atoms with van der Waals surface area (Å²) in [4.78, 5) is 6.36. The van der Waals surface area contributed by atoms with Gasteiger partial charge in [0, 0.05) is 18.8 Å². The normalized spacial score (nSPS) is 24.0. The highest BCUT2D eigenvalue weighted by molar-refractivity contribution is 8.14. The van der Waals surface area contributed by atoms with Crippen LogP contribution in [0.2, 0.25) is 0 Å². The maximum Gasteiger partial charge on any atom is 0.164 e. The molecule has 0 aliphatic carbocycles. The van der Waals surface area contributed by atoms with Crippen molar-refractivity contribution in [3.8, 4) is 0 Å². The summed E-state index contributed by atoms with van der Waals surface area (Å²) in [6.07, 6.45) is 4.82. The lowest BCUT2D eigenvalue weighted by atomic mass is 10.5. The highest BCUT2D eigenvalue weighted by Crippen LogP contribution is 2.19. The number of thioether (sulfide) groups is 1. The average molecular weight is 139 g/mol. The van der Waals surface area contributed by atoms with E-state index in [-0.39, 0.29) is 0 Å². The summed E-state index contributed by atoms with van der Waals surface area (Å²) in [6, 6.07) is 0. The molecule has 1 fully saturated rings. The largest absolute Gasteiger partial charge is 0.347 e. The van der Waals surface area contributed by atoms with Gasteiger partial charge >= 0.3 is 0 Å². The molecule has 2 rings (SSSR count). The number of rotatable bonds is 0. The summed E-state index contributed by atoms with van der Waals surface area (Å²) < 4.78 is 0. The van der Waals surface area contributed by atoms with Gasteiger partial charge in [-0.3, -0.25) is 0 Å². The van der Waals surface area contributed by atoms with E-state index < -0.39 is 0 Å². The topological polar surface area (TPSA) is 15.6 Å². The monoisotopic (exact) mass is 139 g/mol. The molecule has 2 heterocycles. The van der Waals surface area contributed by atoms with Crippen LogP contribution in [0, 0.1) is 6.20 Å². The standard InChI is InChI=1S/C6H7N2S/c1-2-7-6-8(3-1)4-5-9-6/h1H,3-5H2. The zero-order valence-corrected chi connectivity index (χ0v) is 5.82. The molecule has 0 saturated carbocycles. The van der Waals surface area contributed by atoms with E-state index in [0.717, 1.165) is 18.3 Å². The predicted molar refractivity (Wildman–Crippen MR) is 39.3 cm³/mol. The Bertz CT molecular complexity index is 174. The fourth-order valence-corrected chi connectivity index (χ4v) is 1.92. The Balaban J connectivity index is 2.23. The molecule has 2 aliphatic rings. The Morgan fingerprint density at radius 3 is 3.67 bits per heavy atom. The van der Waals surface area contributed by atoms with Gasteiger partial charge < -0.3 is 4.90 Å². The van der Waals surface area contributed by atoms with Crippen molar-refractivity contribution in [2.24, 2.45) is 4.99 Å². The summed E-state index contributed by atoms with van der Waals surface area (Å²) in [5.74, 6) is 1.19. The van der Waals surface area contributed by atoms with Crippen molar-refractivity contribution in [3.63, 3.8) is 0 Å². The van der Waals surface area contributed by atoms with Crippen LogP contribution in [-0.2, 0) is 0 Å². The van der Waals surface area contributed by atoms with Crippen LogP contribution in [-0.4, -0.2) is 28.9 Å². The van der Waals surface area contributed by atoms with Gasteiger partial charge in [-0.15, -0.1) is 0 Å². The van der Waals surface area contributed by atoms with E-state index in [9.17, 15) is 0 Å². The summed E-state index contributed by atoms with van der Waals surface area (Å²) in [7, 11) is 0. The van der Waals surface area contributed by atoms with Gasteiger partial charge in [0.25, 0.3) is 0 Å². The first-order valence-electron chi connectivity index (χ1n) is 2.99. The van der Waals surface area contributed by atoms with Crippen molar-refractivity contribution in [1.29, 1.82) is 0 Å². The third-order valence-corrected chi connectivity index (χ3v) is 2.42. The Hall–Kier alpha value is -0.440. The molecule has 0 atom stereocenters. The van der Waals surface area contributed by atoms with Gasteiger partial charge in [0.05, 0.1) is 6.20 Å². The minimum atomic E-state index is 1.01. The molecule has 47 valence electrons. The average Bonchev–Trinajstić information content (AvgIpc) is 2.33. The fraction of sp³-hybridized carbons (Fsp3) is 0.500. The van der Waals surface area contributed by atoms with E-state index in [4.69, 9.17) is 0 Å². The molecule has 0 aromatic carbocycles. The maximum atomic E-state index is 4.09. The van der Waals surface area contributed by atoms with Gasteiger partial charge in [-0.1, -0.05) is 11.8 Å². The van der Waals surface area contributed by atoms with Crippen molar-refractivity contribution in [2.75, 3.05) is 18.8 Å². The molecule has 0 spiro atoms. The van der Waals surface area contributed by atoms with E-state index in [1.165, 1.54) is 5.75 Å². The Morgan fingerprint density at radius 2 is 2.78 bits per heavy atom. The molecule has 0 amide bonds. The van der Waals surface area contributed by atoms with E-state index >= 15 is 0 Å². The van der Waals surface area contributed by atoms with Crippen LogP contribution in [0.5, 0.6) is 0 Å². The molecular weight excluding hydrogens is 132 g/mol. The minimum Gasteiger partial charge on any atom is -0.347 e. The van der Waals surface area contributed by atoms with Gasteiger partial charge in [0.15, 0.2) is 5.17 Å². The molecule has 0 aromatic rings. The third-order valence-electron chi connectivity index (χ3n) is 1.43. The van der Waals surface area contributed by atoms with Gasteiger partial charge in [0.1, 0.15) is 0 Å². The first-order valence-corrected chi connectivity index (χ1v) is 3.98. The second kappa shape index (κ2) is 2.06. The SMILES string of the molecule is [C]1=CCN2CCSC2=N1. The Labute approximate surface area is 58.6 Å². The first kappa shape index (κ1) is 5.35. The van der Waals surface area contributed by atoms with Crippen molar-refractivity contribution >= 4 is 16.9 Å². The van der Waals surface area contributed by atoms with E-state index in [0.29, 0.717) is 0 Å². The summed E-state index contributed by atoms with van der Waals surface area (Å²) in [5, 5.41) is 1.15. The number of nitrogens with zero attached hydrogens (tertiary/aromatic N) is 2. The van der Waals surface area contributed by atoms with Crippen molar-refractivity contribution < 1.29 is 0 Å². The summed E-state index contributed by atoms with van der Waals surface area (Å²) >= 11 is 1.82. The molecule has 1 saturated heterocycles. The van der Waals surface area contributed by atoms with Crippen LogP contribution in [0.3, 0.4) is 0 Å². The molecule has 9 heavy (non-hydrogen) atoms. The minimum absolute atomic E-state index is 1.01. The molecule has 3 heteroatoms. The van der Waals surface area contributed by atoms with Crippen molar-refractivity contribution in [2.45, 2.75) is 0 Å². The highest BCUT2D eigenvalue weighted by Gasteiger charge is 2.18. The quantitative estimate of drug-likeness (QED) is 0.491. The number of amidine groups is 1. The fourth-order valence-electron chi connectivity index (χ4n) is 0.958. The maximum absolute atomic E-state index is 4.09. The van der Waals surface area contributed by atoms with Gasteiger partial charge in [0.2, 0.25) is 0 Å². The Morgan fingerprint density at radius 1 is 1.78 bits per heavy atom. The van der Waals surface area contributed by atoms with Crippen LogP contribution in [0.1, 0.15) is 0 Å². The molecular formula is C6H7N2S. The second-order valence-electron chi connectivity index (χ2n) is 2.02. The molecule has 2 aliphatic heterocycles. The van der Waals surface area contributed by atoms with Crippen LogP contribution < -0.4 is 0 Å². The van der Waals surface area contributed by atoms with Crippen LogP contribution in [0.25, 0.3) is 0 Å². The summed E-state index contributed by atoms with van der Waals surface area (Å²) in [6.45, 7) is 2.16. The molecule has 1 radical (unpaired) electrons. The van der Waals surface area contributed by atoms with Crippen LogP contribution in [0.15, 0.2) is 11.1 Å². The van der Waals surface area contributed by atoms with Crippen LogP contribution >= 0.6 is 11.8 Å². The lowest BCUT2D eigenvalue weighted by Gasteiger charge is -2.16. The van der Waals surface area contributed by atoms with E-state index in [1.807, 2.05) is 17.8 Å². The highest BCUT2D eigenvalue weighted by atomic mass is 32.2.